The molecule has 1 saturated heterocycles. The molecule has 4 heteroatoms. The van der Waals surface area contributed by atoms with Crippen LogP contribution in [0.4, 0.5) is 0 Å². The molecule has 0 unspecified atom stereocenters. The highest BCUT2D eigenvalue weighted by Gasteiger charge is 2.23. The van der Waals surface area contributed by atoms with Crippen molar-refractivity contribution >= 4 is 17.7 Å². The Morgan fingerprint density at radius 2 is 1.77 bits per heavy atom. The van der Waals surface area contributed by atoms with Gasteiger partial charge in [-0.25, -0.2) is 0 Å². The van der Waals surface area contributed by atoms with Crippen molar-refractivity contribution in [2.45, 2.75) is 30.4 Å². The third-order valence-electron chi connectivity index (χ3n) is 4.93. The quantitative estimate of drug-likeness (QED) is 0.733. The Morgan fingerprint density at radius 3 is 2.42 bits per heavy atom. The highest BCUT2D eigenvalue weighted by Crippen LogP contribution is 2.24. The lowest BCUT2D eigenvalue weighted by atomic mass is 9.96. The molecule has 1 N–H and O–H groups in total. The van der Waals surface area contributed by atoms with Crippen LogP contribution in [0.1, 0.15) is 35.7 Å². The predicted octanol–water partition coefficient (Wildman–Crippen LogP) is 4.44. The lowest BCUT2D eigenvalue weighted by Gasteiger charge is -2.32. The highest BCUT2D eigenvalue weighted by atomic mass is 32.2. The summed E-state index contributed by atoms with van der Waals surface area (Å²) in [5.74, 6) is 1.83. The molecular formula is C22H28N2OS. The van der Waals surface area contributed by atoms with Gasteiger partial charge in [0.05, 0.1) is 0 Å². The topological polar surface area (TPSA) is 32.3 Å². The summed E-state index contributed by atoms with van der Waals surface area (Å²) in [5.41, 5.74) is 2.12. The van der Waals surface area contributed by atoms with Gasteiger partial charge in [-0.3, -0.25) is 4.79 Å². The molecule has 0 saturated carbocycles. The minimum Gasteiger partial charge on any atom is -0.339 e. The summed E-state index contributed by atoms with van der Waals surface area (Å²) in [6.45, 7) is 5.99. The summed E-state index contributed by atoms with van der Waals surface area (Å²) >= 11 is 1.81. The molecule has 3 rings (SSSR count). The molecule has 0 aromatic heterocycles. The second-order valence-electron chi connectivity index (χ2n) is 6.84. The average molecular weight is 369 g/mol. The van der Waals surface area contributed by atoms with Gasteiger partial charge in [0.2, 0.25) is 0 Å². The largest absolute Gasteiger partial charge is 0.339 e. The van der Waals surface area contributed by atoms with Gasteiger partial charge in [0.15, 0.2) is 0 Å². The number of rotatable bonds is 7. The summed E-state index contributed by atoms with van der Waals surface area (Å²) in [5, 5.41) is 3.42. The summed E-state index contributed by atoms with van der Waals surface area (Å²) in [7, 11) is 0. The van der Waals surface area contributed by atoms with Gasteiger partial charge in [-0.05, 0) is 61.7 Å². The van der Waals surface area contributed by atoms with Crippen molar-refractivity contribution in [2.75, 3.05) is 26.2 Å². The molecule has 0 radical (unpaired) electrons. The van der Waals surface area contributed by atoms with E-state index in [-0.39, 0.29) is 5.91 Å². The molecule has 0 spiro atoms. The first kappa shape index (κ1) is 19.0. The molecule has 26 heavy (non-hydrogen) atoms. The number of carbonyl (C=O) groups is 1. The zero-order valence-corrected chi connectivity index (χ0v) is 16.3. The van der Waals surface area contributed by atoms with E-state index in [9.17, 15) is 4.79 Å². The molecule has 0 bridgehead atoms. The van der Waals surface area contributed by atoms with Crippen LogP contribution in [0.15, 0.2) is 59.5 Å². The number of amides is 1. The van der Waals surface area contributed by atoms with Crippen molar-refractivity contribution in [1.82, 2.24) is 10.2 Å². The zero-order chi connectivity index (χ0) is 18.2. The van der Waals surface area contributed by atoms with E-state index in [1.165, 1.54) is 10.5 Å². The standard InChI is InChI=1S/C22H28N2OS/c1-2-23-16-18-12-14-24(15-13-18)22(25)20-8-10-21(11-9-20)26-17-19-6-4-3-5-7-19/h3-11,18,23H,2,12-17H2,1H3. The molecule has 0 atom stereocenters. The van der Waals surface area contributed by atoms with Crippen molar-refractivity contribution in [1.29, 1.82) is 0 Å². The minimum absolute atomic E-state index is 0.173. The SMILES string of the molecule is CCNCC1CCN(C(=O)c2ccc(SCc3ccccc3)cc2)CC1. The van der Waals surface area contributed by atoms with E-state index < -0.39 is 0 Å². The zero-order valence-electron chi connectivity index (χ0n) is 15.5. The van der Waals surface area contributed by atoms with Crippen LogP contribution in [0, 0.1) is 5.92 Å². The van der Waals surface area contributed by atoms with Crippen molar-refractivity contribution < 1.29 is 4.79 Å². The number of likely N-dealkylation sites (tertiary alicyclic amines) is 1. The summed E-state index contributed by atoms with van der Waals surface area (Å²) in [6, 6.07) is 18.5. The third-order valence-corrected chi connectivity index (χ3v) is 6.02. The van der Waals surface area contributed by atoms with E-state index in [2.05, 4.69) is 48.6 Å². The van der Waals surface area contributed by atoms with E-state index in [0.717, 1.165) is 50.3 Å². The Kier molecular flexibility index (Phi) is 7.15. The van der Waals surface area contributed by atoms with Gasteiger partial charge < -0.3 is 10.2 Å². The van der Waals surface area contributed by atoms with Crippen LogP contribution in [-0.4, -0.2) is 37.0 Å². The number of hydrogen-bond donors (Lipinski definition) is 1. The molecule has 1 amide bonds. The van der Waals surface area contributed by atoms with Crippen molar-refractivity contribution in [3.63, 3.8) is 0 Å². The summed E-state index contributed by atoms with van der Waals surface area (Å²) < 4.78 is 0. The maximum Gasteiger partial charge on any atom is 0.253 e. The van der Waals surface area contributed by atoms with Gasteiger partial charge in [0.1, 0.15) is 0 Å². The monoisotopic (exact) mass is 368 g/mol. The summed E-state index contributed by atoms with van der Waals surface area (Å²) in [6.07, 6.45) is 2.20. The van der Waals surface area contributed by atoms with Gasteiger partial charge in [-0.15, -0.1) is 11.8 Å². The fraction of sp³-hybridized carbons (Fsp3) is 0.409. The fourth-order valence-electron chi connectivity index (χ4n) is 3.31. The van der Waals surface area contributed by atoms with Crippen LogP contribution < -0.4 is 5.32 Å². The fourth-order valence-corrected chi connectivity index (χ4v) is 4.16. The number of nitrogens with one attached hydrogen (secondary N) is 1. The van der Waals surface area contributed by atoms with Gasteiger partial charge in [0, 0.05) is 29.3 Å². The predicted molar refractivity (Wildman–Crippen MR) is 110 cm³/mol. The van der Waals surface area contributed by atoms with Crippen LogP contribution >= 0.6 is 11.8 Å². The van der Waals surface area contributed by atoms with Crippen molar-refractivity contribution in [3.05, 3.63) is 65.7 Å². The van der Waals surface area contributed by atoms with Crippen molar-refractivity contribution in [3.8, 4) is 0 Å². The maximum atomic E-state index is 12.7. The molecule has 2 aromatic carbocycles. The average Bonchev–Trinajstić information content (AvgIpc) is 2.72. The Bertz CT molecular complexity index is 679. The van der Waals surface area contributed by atoms with Gasteiger partial charge >= 0.3 is 0 Å². The Balaban J connectivity index is 1.49. The summed E-state index contributed by atoms with van der Waals surface area (Å²) in [4.78, 5) is 15.9. The molecule has 1 heterocycles. The lowest BCUT2D eigenvalue weighted by Crippen LogP contribution is -2.40. The maximum absolute atomic E-state index is 12.7. The Morgan fingerprint density at radius 1 is 1.08 bits per heavy atom. The molecular weight excluding hydrogens is 340 g/mol. The first-order chi connectivity index (χ1) is 12.8. The lowest BCUT2D eigenvalue weighted by molar-refractivity contribution is 0.0690. The highest BCUT2D eigenvalue weighted by molar-refractivity contribution is 7.98. The van der Waals surface area contributed by atoms with Crippen LogP contribution in [0.3, 0.4) is 0 Å². The second kappa shape index (κ2) is 9.79. The van der Waals surface area contributed by atoms with E-state index in [4.69, 9.17) is 0 Å². The number of benzene rings is 2. The Hall–Kier alpha value is -1.78. The smallest absolute Gasteiger partial charge is 0.253 e. The molecule has 3 nitrogen and oxygen atoms in total. The molecule has 138 valence electrons. The normalized spacial score (nSPS) is 15.2. The first-order valence-corrected chi connectivity index (χ1v) is 10.5. The van der Waals surface area contributed by atoms with E-state index in [0.29, 0.717) is 5.92 Å². The van der Waals surface area contributed by atoms with E-state index in [1.807, 2.05) is 23.1 Å². The first-order valence-electron chi connectivity index (χ1n) is 9.53. The second-order valence-corrected chi connectivity index (χ2v) is 7.89. The third kappa shape index (κ3) is 5.36. The van der Waals surface area contributed by atoms with Crippen LogP contribution in [0.25, 0.3) is 0 Å². The van der Waals surface area contributed by atoms with E-state index >= 15 is 0 Å². The van der Waals surface area contributed by atoms with Crippen LogP contribution in [0.2, 0.25) is 0 Å². The van der Waals surface area contributed by atoms with Crippen LogP contribution in [0.5, 0.6) is 0 Å². The van der Waals surface area contributed by atoms with Gasteiger partial charge in [-0.2, -0.15) is 0 Å². The number of nitrogens with zero attached hydrogens (tertiary/aromatic N) is 1. The molecule has 1 aliphatic rings. The number of carbonyl (C=O) groups excluding carboxylic acids is 1. The Labute approximate surface area is 161 Å². The van der Waals surface area contributed by atoms with Crippen molar-refractivity contribution in [2.24, 2.45) is 5.92 Å². The number of hydrogen-bond acceptors (Lipinski definition) is 3. The molecule has 1 aliphatic heterocycles. The van der Waals surface area contributed by atoms with Gasteiger partial charge in [0.25, 0.3) is 5.91 Å². The number of thioether (sulfide) groups is 1. The van der Waals surface area contributed by atoms with Crippen LogP contribution in [-0.2, 0) is 5.75 Å². The molecule has 0 aliphatic carbocycles. The minimum atomic E-state index is 0.173. The number of piperidine rings is 1. The molecule has 1 fully saturated rings. The van der Waals surface area contributed by atoms with Gasteiger partial charge in [-0.1, -0.05) is 37.3 Å². The van der Waals surface area contributed by atoms with E-state index in [1.54, 1.807) is 11.8 Å². The molecule has 2 aromatic rings.